The van der Waals surface area contributed by atoms with Gasteiger partial charge < -0.3 is 20.2 Å². The zero-order valence-electron chi connectivity index (χ0n) is 9.97. The third-order valence-corrected chi connectivity index (χ3v) is 2.96. The van der Waals surface area contributed by atoms with Crippen LogP contribution in [0.4, 0.5) is 10.5 Å². The summed E-state index contributed by atoms with van der Waals surface area (Å²) < 4.78 is 5.97. The first-order valence-electron chi connectivity index (χ1n) is 5.67. The van der Waals surface area contributed by atoms with Crippen molar-refractivity contribution >= 4 is 27.6 Å². The van der Waals surface area contributed by atoms with Gasteiger partial charge in [-0.2, -0.15) is 0 Å². The predicted molar refractivity (Wildman–Crippen MR) is 74.8 cm³/mol. The molecule has 2 amide bonds. The highest BCUT2D eigenvalue weighted by atomic mass is 79.9. The minimum atomic E-state index is -0.856. The van der Waals surface area contributed by atoms with Crippen LogP contribution in [-0.4, -0.2) is 17.7 Å². The SMILES string of the molecule is O=C(NCC(O)c1ccco1)Nc1ccc(Br)cc1. The van der Waals surface area contributed by atoms with E-state index in [1.165, 1.54) is 6.26 Å². The normalized spacial score (nSPS) is 11.9. The van der Waals surface area contributed by atoms with E-state index in [4.69, 9.17) is 4.42 Å². The van der Waals surface area contributed by atoms with Crippen LogP contribution in [0.3, 0.4) is 0 Å². The first kappa shape index (κ1) is 13.6. The molecule has 1 aromatic carbocycles. The average Bonchev–Trinajstić information content (AvgIpc) is 2.93. The van der Waals surface area contributed by atoms with Crippen molar-refractivity contribution < 1.29 is 14.3 Å². The molecule has 3 N–H and O–H groups in total. The number of furan rings is 1. The lowest BCUT2D eigenvalue weighted by Gasteiger charge is -2.10. The van der Waals surface area contributed by atoms with E-state index in [-0.39, 0.29) is 12.6 Å². The smallest absolute Gasteiger partial charge is 0.319 e. The highest BCUT2D eigenvalue weighted by Crippen LogP contribution is 2.14. The molecule has 0 aliphatic carbocycles. The monoisotopic (exact) mass is 324 g/mol. The molecule has 1 heterocycles. The third kappa shape index (κ3) is 4.11. The van der Waals surface area contributed by atoms with E-state index in [2.05, 4.69) is 26.6 Å². The Hall–Kier alpha value is -1.79. The highest BCUT2D eigenvalue weighted by molar-refractivity contribution is 9.10. The van der Waals surface area contributed by atoms with Crippen molar-refractivity contribution in [1.82, 2.24) is 5.32 Å². The van der Waals surface area contributed by atoms with Crippen LogP contribution in [-0.2, 0) is 0 Å². The predicted octanol–water partition coefficient (Wildman–Crippen LogP) is 2.90. The van der Waals surface area contributed by atoms with Crippen molar-refractivity contribution in [3.05, 3.63) is 52.9 Å². The molecule has 0 spiro atoms. The maximum absolute atomic E-state index is 11.6. The fourth-order valence-electron chi connectivity index (χ4n) is 1.48. The minimum Gasteiger partial charge on any atom is -0.467 e. The van der Waals surface area contributed by atoms with Crippen LogP contribution in [0, 0.1) is 0 Å². The topological polar surface area (TPSA) is 74.5 Å². The number of amides is 2. The van der Waals surface area contributed by atoms with Gasteiger partial charge in [-0.25, -0.2) is 4.79 Å². The summed E-state index contributed by atoms with van der Waals surface area (Å²) in [4.78, 5) is 11.6. The molecular formula is C13H13BrN2O3. The van der Waals surface area contributed by atoms with E-state index in [1.807, 2.05) is 12.1 Å². The Morgan fingerprint density at radius 3 is 2.68 bits per heavy atom. The van der Waals surface area contributed by atoms with Crippen molar-refractivity contribution in [3.8, 4) is 0 Å². The van der Waals surface area contributed by atoms with Crippen molar-refractivity contribution in [2.45, 2.75) is 6.10 Å². The van der Waals surface area contributed by atoms with E-state index in [1.54, 1.807) is 24.3 Å². The van der Waals surface area contributed by atoms with Gasteiger partial charge in [-0.05, 0) is 36.4 Å². The molecule has 0 fully saturated rings. The Morgan fingerprint density at radius 1 is 1.32 bits per heavy atom. The van der Waals surface area contributed by atoms with Crippen LogP contribution in [0.5, 0.6) is 0 Å². The second kappa shape index (κ2) is 6.40. The summed E-state index contributed by atoms with van der Waals surface area (Å²) in [7, 11) is 0. The van der Waals surface area contributed by atoms with Gasteiger partial charge in [0.1, 0.15) is 11.9 Å². The fourth-order valence-corrected chi connectivity index (χ4v) is 1.74. The summed E-state index contributed by atoms with van der Waals surface area (Å²) >= 11 is 3.31. The molecule has 5 nitrogen and oxygen atoms in total. The number of aliphatic hydroxyl groups is 1. The van der Waals surface area contributed by atoms with Crippen molar-refractivity contribution in [1.29, 1.82) is 0 Å². The number of carbonyl (C=O) groups is 1. The maximum atomic E-state index is 11.6. The van der Waals surface area contributed by atoms with Gasteiger partial charge in [0, 0.05) is 10.2 Å². The summed E-state index contributed by atoms with van der Waals surface area (Å²) in [5.74, 6) is 0.420. The van der Waals surface area contributed by atoms with E-state index in [9.17, 15) is 9.90 Å². The number of hydrogen-bond donors (Lipinski definition) is 3. The van der Waals surface area contributed by atoms with Gasteiger partial charge in [0.15, 0.2) is 0 Å². The number of aliphatic hydroxyl groups excluding tert-OH is 1. The third-order valence-electron chi connectivity index (χ3n) is 2.43. The number of benzene rings is 1. The lowest BCUT2D eigenvalue weighted by atomic mass is 10.3. The molecule has 0 aliphatic rings. The standard InChI is InChI=1S/C13H13BrN2O3/c14-9-3-5-10(6-4-9)16-13(18)15-8-11(17)12-2-1-7-19-12/h1-7,11,17H,8H2,(H2,15,16,18). The summed E-state index contributed by atoms with van der Waals surface area (Å²) in [6.07, 6.45) is 0.617. The van der Waals surface area contributed by atoms with Crippen molar-refractivity contribution in [2.75, 3.05) is 11.9 Å². The highest BCUT2D eigenvalue weighted by Gasteiger charge is 2.11. The molecule has 0 aliphatic heterocycles. The Labute approximate surface area is 118 Å². The van der Waals surface area contributed by atoms with Gasteiger partial charge in [0.2, 0.25) is 0 Å². The number of rotatable bonds is 4. The van der Waals surface area contributed by atoms with Gasteiger partial charge >= 0.3 is 6.03 Å². The summed E-state index contributed by atoms with van der Waals surface area (Å²) in [5, 5.41) is 14.9. The zero-order valence-corrected chi connectivity index (χ0v) is 11.6. The van der Waals surface area contributed by atoms with Gasteiger partial charge in [0.25, 0.3) is 0 Å². The summed E-state index contributed by atoms with van der Waals surface area (Å²) in [6, 6.07) is 10.1. The molecule has 1 aromatic heterocycles. The number of hydrogen-bond acceptors (Lipinski definition) is 3. The first-order chi connectivity index (χ1) is 9.15. The Morgan fingerprint density at radius 2 is 2.05 bits per heavy atom. The number of halogens is 1. The lowest BCUT2D eigenvalue weighted by molar-refractivity contribution is 0.149. The number of carbonyl (C=O) groups excluding carboxylic acids is 1. The Bertz CT molecular complexity index is 525. The van der Waals surface area contributed by atoms with Crippen LogP contribution < -0.4 is 10.6 Å². The van der Waals surface area contributed by atoms with E-state index < -0.39 is 6.10 Å². The first-order valence-corrected chi connectivity index (χ1v) is 6.46. The van der Waals surface area contributed by atoms with E-state index in [0.717, 1.165) is 4.47 Å². The van der Waals surface area contributed by atoms with Crippen LogP contribution in [0.25, 0.3) is 0 Å². The van der Waals surface area contributed by atoms with Crippen LogP contribution >= 0.6 is 15.9 Å². The van der Waals surface area contributed by atoms with E-state index >= 15 is 0 Å². The molecule has 2 rings (SSSR count). The molecule has 19 heavy (non-hydrogen) atoms. The fraction of sp³-hybridized carbons (Fsp3) is 0.154. The van der Waals surface area contributed by atoms with Gasteiger partial charge in [-0.3, -0.25) is 0 Å². The molecule has 0 saturated carbocycles. The number of anilines is 1. The van der Waals surface area contributed by atoms with Gasteiger partial charge in [-0.1, -0.05) is 15.9 Å². The second-order valence-electron chi connectivity index (χ2n) is 3.87. The maximum Gasteiger partial charge on any atom is 0.319 e. The molecule has 0 saturated heterocycles. The zero-order chi connectivity index (χ0) is 13.7. The molecule has 1 unspecified atom stereocenters. The van der Waals surface area contributed by atoms with Gasteiger partial charge in [0.05, 0.1) is 12.8 Å². The van der Waals surface area contributed by atoms with Crippen molar-refractivity contribution in [3.63, 3.8) is 0 Å². The quantitative estimate of drug-likeness (QED) is 0.809. The summed E-state index contributed by atoms with van der Waals surface area (Å²) in [6.45, 7) is 0.0792. The van der Waals surface area contributed by atoms with Gasteiger partial charge in [-0.15, -0.1) is 0 Å². The molecule has 2 aromatic rings. The van der Waals surface area contributed by atoms with Crippen molar-refractivity contribution in [2.24, 2.45) is 0 Å². The molecule has 0 radical (unpaired) electrons. The molecule has 6 heteroatoms. The largest absolute Gasteiger partial charge is 0.467 e. The molecule has 1 atom stereocenters. The number of urea groups is 1. The van der Waals surface area contributed by atoms with E-state index in [0.29, 0.717) is 11.4 Å². The molecule has 100 valence electrons. The Kier molecular flexibility index (Phi) is 4.59. The average molecular weight is 325 g/mol. The second-order valence-corrected chi connectivity index (χ2v) is 4.79. The number of nitrogens with one attached hydrogen (secondary N) is 2. The van der Waals surface area contributed by atoms with Crippen LogP contribution in [0.2, 0.25) is 0 Å². The Balaban J connectivity index is 1.80. The lowest BCUT2D eigenvalue weighted by Crippen LogP contribution is -2.32. The molecule has 0 bridgehead atoms. The van der Waals surface area contributed by atoms with Crippen LogP contribution in [0.1, 0.15) is 11.9 Å². The van der Waals surface area contributed by atoms with Crippen LogP contribution in [0.15, 0.2) is 51.6 Å². The summed E-state index contributed by atoms with van der Waals surface area (Å²) in [5.41, 5.74) is 0.674. The minimum absolute atomic E-state index is 0.0792. The molecular weight excluding hydrogens is 312 g/mol.